The molecule has 2 heteroatoms. The first-order chi connectivity index (χ1) is 4.91. The van der Waals surface area contributed by atoms with Gasteiger partial charge in [-0.1, -0.05) is 26.2 Å². The lowest BCUT2D eigenvalue weighted by atomic mass is 10.2. The molecular formula is C8H17NO. The molecule has 2 nitrogen and oxygen atoms in total. The van der Waals surface area contributed by atoms with Gasteiger partial charge in [0.2, 0.25) is 0 Å². The second kappa shape index (κ2) is 8.63. The third-order valence-corrected chi connectivity index (χ3v) is 1.35. The van der Waals surface area contributed by atoms with Crippen LogP contribution >= 0.6 is 0 Å². The number of aliphatic hydroxyl groups excluding tert-OH is 1. The minimum absolute atomic E-state index is 0.0772. The largest absolute Gasteiger partial charge is 0.391 e. The molecule has 0 rings (SSSR count). The van der Waals surface area contributed by atoms with Gasteiger partial charge < -0.3 is 5.11 Å². The van der Waals surface area contributed by atoms with Crippen molar-refractivity contribution in [2.24, 2.45) is 4.99 Å². The summed E-state index contributed by atoms with van der Waals surface area (Å²) in [6.45, 7) is 3.14. The summed E-state index contributed by atoms with van der Waals surface area (Å²) in [6, 6.07) is 0. The fourth-order valence-corrected chi connectivity index (χ4v) is 0.779. The van der Waals surface area contributed by atoms with Crippen LogP contribution in [-0.2, 0) is 0 Å². The van der Waals surface area contributed by atoms with E-state index in [1.807, 2.05) is 0 Å². The molecule has 1 N–H and O–H groups in total. The van der Waals surface area contributed by atoms with Gasteiger partial charge in [0.1, 0.15) is 0 Å². The van der Waals surface area contributed by atoms with Crippen LogP contribution in [0.3, 0.4) is 0 Å². The molecule has 0 aliphatic carbocycles. The van der Waals surface area contributed by atoms with E-state index in [-0.39, 0.29) is 6.61 Å². The molecule has 0 aromatic rings. The number of rotatable bonds is 6. The highest BCUT2D eigenvalue weighted by Crippen LogP contribution is 1.97. The second-order valence-electron chi connectivity index (χ2n) is 2.33. The molecule has 60 valence electrons. The third kappa shape index (κ3) is 7.63. The maximum atomic E-state index is 8.32. The highest BCUT2D eigenvalue weighted by molar-refractivity contribution is 5.57. The average molecular weight is 143 g/mol. The van der Waals surface area contributed by atoms with Crippen LogP contribution in [0.4, 0.5) is 0 Å². The molecule has 0 radical (unpaired) electrons. The van der Waals surface area contributed by atoms with Crippen molar-refractivity contribution in [3.63, 3.8) is 0 Å². The van der Waals surface area contributed by atoms with Gasteiger partial charge in [-0.05, 0) is 6.42 Å². The van der Waals surface area contributed by atoms with E-state index in [0.29, 0.717) is 0 Å². The zero-order valence-corrected chi connectivity index (χ0v) is 6.71. The molecule has 0 bridgehead atoms. The van der Waals surface area contributed by atoms with Crippen molar-refractivity contribution in [1.29, 1.82) is 0 Å². The topological polar surface area (TPSA) is 32.6 Å². The van der Waals surface area contributed by atoms with Crippen molar-refractivity contribution in [3.05, 3.63) is 0 Å². The van der Waals surface area contributed by atoms with Crippen molar-refractivity contribution < 1.29 is 5.11 Å². The minimum atomic E-state index is 0.0772. The Balaban J connectivity index is 2.83. The van der Waals surface area contributed by atoms with E-state index in [2.05, 4.69) is 11.9 Å². The Morgan fingerprint density at radius 2 is 2.10 bits per heavy atom. The molecule has 0 saturated heterocycles. The molecular weight excluding hydrogens is 126 g/mol. The predicted octanol–water partition coefficient (Wildman–Crippen LogP) is 1.63. The Morgan fingerprint density at radius 1 is 1.30 bits per heavy atom. The summed E-state index contributed by atoms with van der Waals surface area (Å²) < 4.78 is 0. The van der Waals surface area contributed by atoms with E-state index in [0.717, 1.165) is 13.0 Å². The summed E-state index contributed by atoms with van der Waals surface area (Å²) in [5, 5.41) is 8.32. The number of aliphatic imine (C=N–C) groups is 1. The van der Waals surface area contributed by atoms with Crippen LogP contribution in [0.5, 0.6) is 0 Å². The summed E-state index contributed by atoms with van der Waals surface area (Å²) >= 11 is 0. The Labute approximate surface area is 63.0 Å². The van der Waals surface area contributed by atoms with Gasteiger partial charge in [0, 0.05) is 12.8 Å². The van der Waals surface area contributed by atoms with Crippen LogP contribution in [0.1, 0.15) is 32.6 Å². The van der Waals surface area contributed by atoms with Crippen LogP contribution in [0.25, 0.3) is 0 Å². The lowest BCUT2D eigenvalue weighted by Gasteiger charge is -1.92. The maximum Gasteiger partial charge on any atom is 0.0779 e. The summed E-state index contributed by atoms with van der Waals surface area (Å²) in [5.41, 5.74) is 0. The third-order valence-electron chi connectivity index (χ3n) is 1.35. The number of nitrogens with zero attached hydrogens (tertiary/aromatic N) is 1. The molecule has 0 fully saturated rings. The molecule has 0 amide bonds. The first-order valence-corrected chi connectivity index (χ1v) is 4.01. The smallest absolute Gasteiger partial charge is 0.0779 e. The highest BCUT2D eigenvalue weighted by Gasteiger charge is 1.83. The van der Waals surface area contributed by atoms with Crippen molar-refractivity contribution in [3.8, 4) is 0 Å². The molecule has 10 heavy (non-hydrogen) atoms. The average Bonchev–Trinajstić information content (AvgIpc) is 1.97. The van der Waals surface area contributed by atoms with Crippen LogP contribution in [-0.4, -0.2) is 24.5 Å². The van der Waals surface area contributed by atoms with Gasteiger partial charge in [0.25, 0.3) is 0 Å². The Morgan fingerprint density at radius 3 is 2.70 bits per heavy atom. The first-order valence-electron chi connectivity index (χ1n) is 4.01. The molecule has 0 aliphatic heterocycles. The second-order valence-corrected chi connectivity index (χ2v) is 2.33. The number of aliphatic hydroxyl groups is 1. The maximum absolute atomic E-state index is 8.32. The van der Waals surface area contributed by atoms with E-state index >= 15 is 0 Å². The van der Waals surface area contributed by atoms with Gasteiger partial charge >= 0.3 is 0 Å². The molecule has 0 aromatic heterocycles. The van der Waals surface area contributed by atoms with Crippen molar-refractivity contribution >= 4 is 6.21 Å². The van der Waals surface area contributed by atoms with E-state index in [1.54, 1.807) is 6.21 Å². The number of unbranched alkanes of at least 4 members (excludes halogenated alkanes) is 3. The van der Waals surface area contributed by atoms with Gasteiger partial charge in [-0.2, -0.15) is 0 Å². The standard InChI is InChI=1S/C8H17NO/c1-2-3-4-5-6-9-7-8-10/h7,10H,2-6,8H2,1H3. The normalized spacial score (nSPS) is 11.0. The molecule has 0 aliphatic rings. The Kier molecular flexibility index (Phi) is 8.31. The Hall–Kier alpha value is -0.370. The fraction of sp³-hybridized carbons (Fsp3) is 0.875. The SMILES string of the molecule is CCCCCCN=CCO. The lowest BCUT2D eigenvalue weighted by Crippen LogP contribution is -1.86. The monoisotopic (exact) mass is 143 g/mol. The molecule has 0 heterocycles. The predicted molar refractivity (Wildman–Crippen MR) is 44.6 cm³/mol. The molecule has 0 atom stereocenters. The van der Waals surface area contributed by atoms with E-state index in [9.17, 15) is 0 Å². The molecule has 0 saturated carbocycles. The van der Waals surface area contributed by atoms with E-state index in [4.69, 9.17) is 5.11 Å². The van der Waals surface area contributed by atoms with Crippen LogP contribution in [0.2, 0.25) is 0 Å². The number of hydrogen-bond acceptors (Lipinski definition) is 2. The lowest BCUT2D eigenvalue weighted by molar-refractivity contribution is 0.361. The van der Waals surface area contributed by atoms with Crippen molar-refractivity contribution in [2.45, 2.75) is 32.6 Å². The van der Waals surface area contributed by atoms with E-state index in [1.165, 1.54) is 19.3 Å². The molecule has 0 unspecified atom stereocenters. The van der Waals surface area contributed by atoms with Gasteiger partial charge in [-0.3, -0.25) is 4.99 Å². The summed E-state index contributed by atoms with van der Waals surface area (Å²) in [7, 11) is 0. The molecule has 0 aromatic carbocycles. The Bertz CT molecular complexity index is 81.3. The van der Waals surface area contributed by atoms with Crippen molar-refractivity contribution in [2.75, 3.05) is 13.2 Å². The van der Waals surface area contributed by atoms with Gasteiger partial charge in [0.15, 0.2) is 0 Å². The van der Waals surface area contributed by atoms with Crippen LogP contribution < -0.4 is 0 Å². The molecule has 0 spiro atoms. The quantitative estimate of drug-likeness (QED) is 0.445. The van der Waals surface area contributed by atoms with Crippen LogP contribution in [0, 0.1) is 0 Å². The highest BCUT2D eigenvalue weighted by atomic mass is 16.2. The number of hydrogen-bond donors (Lipinski definition) is 1. The van der Waals surface area contributed by atoms with Gasteiger partial charge in [-0.25, -0.2) is 0 Å². The zero-order valence-electron chi connectivity index (χ0n) is 6.71. The van der Waals surface area contributed by atoms with Gasteiger partial charge in [-0.15, -0.1) is 0 Å². The summed E-state index contributed by atoms with van der Waals surface area (Å²) in [4.78, 5) is 3.99. The minimum Gasteiger partial charge on any atom is -0.391 e. The van der Waals surface area contributed by atoms with Crippen molar-refractivity contribution in [1.82, 2.24) is 0 Å². The zero-order chi connectivity index (χ0) is 7.66. The first kappa shape index (κ1) is 9.63. The summed E-state index contributed by atoms with van der Waals surface area (Å²) in [5.74, 6) is 0. The van der Waals surface area contributed by atoms with Crippen LogP contribution in [0.15, 0.2) is 4.99 Å². The van der Waals surface area contributed by atoms with E-state index < -0.39 is 0 Å². The fourth-order valence-electron chi connectivity index (χ4n) is 0.779. The summed E-state index contributed by atoms with van der Waals surface area (Å²) in [6.07, 6.45) is 6.55. The van der Waals surface area contributed by atoms with Gasteiger partial charge in [0.05, 0.1) is 6.61 Å².